The van der Waals surface area contributed by atoms with Gasteiger partial charge in [0.15, 0.2) is 28.8 Å². The summed E-state index contributed by atoms with van der Waals surface area (Å²) >= 11 is 0. The third-order valence-corrected chi connectivity index (χ3v) is 6.13. The van der Waals surface area contributed by atoms with Crippen LogP contribution in [-0.4, -0.2) is 36.8 Å². The molecule has 192 valence electrons. The molecule has 1 atom stereocenters. The van der Waals surface area contributed by atoms with Crippen molar-refractivity contribution in [3.63, 3.8) is 0 Å². The first-order valence-corrected chi connectivity index (χ1v) is 12.6. The lowest BCUT2D eigenvalue weighted by molar-refractivity contribution is -0.114. The van der Waals surface area contributed by atoms with Crippen LogP contribution in [0.3, 0.4) is 0 Å². The van der Waals surface area contributed by atoms with Gasteiger partial charge in [0.05, 0.1) is 14.2 Å². The molecule has 0 aromatic heterocycles. The third-order valence-electron chi connectivity index (χ3n) is 6.13. The van der Waals surface area contributed by atoms with Gasteiger partial charge in [-0.25, -0.2) is 0 Å². The molecule has 3 N–H and O–H groups in total. The minimum absolute atomic E-state index is 0.0775. The van der Waals surface area contributed by atoms with E-state index in [1.54, 1.807) is 25.3 Å². The Hall–Kier alpha value is -2.99. The van der Waals surface area contributed by atoms with Crippen LogP contribution < -0.4 is 14.8 Å². The van der Waals surface area contributed by atoms with Crippen molar-refractivity contribution < 1.29 is 24.5 Å². The van der Waals surface area contributed by atoms with Crippen LogP contribution >= 0.6 is 0 Å². The zero-order valence-electron chi connectivity index (χ0n) is 21.6. The van der Waals surface area contributed by atoms with Crippen molar-refractivity contribution in [3.05, 3.63) is 59.2 Å². The number of allylic oxidation sites excluding steroid dienone is 2. The molecule has 0 aliphatic rings. The molecule has 2 aromatic carbocycles. The number of unbranched alkanes of at least 4 members (excludes halogenated alkanes) is 2. The van der Waals surface area contributed by atoms with Crippen LogP contribution in [0.15, 0.2) is 42.5 Å². The normalized spacial score (nSPS) is 12.1. The lowest BCUT2D eigenvalue weighted by atomic mass is 9.91. The van der Waals surface area contributed by atoms with Gasteiger partial charge in [0.2, 0.25) is 0 Å². The molecular weight excluding hydrogens is 442 g/mol. The van der Waals surface area contributed by atoms with Gasteiger partial charge in [-0.3, -0.25) is 4.79 Å². The molecule has 0 saturated carbocycles. The van der Waals surface area contributed by atoms with E-state index < -0.39 is 0 Å². The Bertz CT molecular complexity index is 970. The Morgan fingerprint density at radius 2 is 1.77 bits per heavy atom. The topological polar surface area (TPSA) is 88.0 Å². The summed E-state index contributed by atoms with van der Waals surface area (Å²) in [5.41, 5.74) is 2.85. The lowest BCUT2D eigenvalue weighted by Crippen LogP contribution is -2.13. The van der Waals surface area contributed by atoms with E-state index in [-0.39, 0.29) is 23.2 Å². The number of hydrogen-bond donors (Lipinski definition) is 3. The number of ether oxygens (including phenoxy) is 2. The van der Waals surface area contributed by atoms with Crippen molar-refractivity contribution >= 4 is 5.78 Å². The van der Waals surface area contributed by atoms with Crippen LogP contribution in [0.5, 0.6) is 23.0 Å². The van der Waals surface area contributed by atoms with E-state index >= 15 is 0 Å². The summed E-state index contributed by atoms with van der Waals surface area (Å²) in [6.07, 6.45) is 9.92. The minimum Gasteiger partial charge on any atom is -0.504 e. The van der Waals surface area contributed by atoms with Crippen LogP contribution in [-0.2, 0) is 24.2 Å². The van der Waals surface area contributed by atoms with Gasteiger partial charge >= 0.3 is 0 Å². The van der Waals surface area contributed by atoms with Crippen molar-refractivity contribution in [1.29, 1.82) is 0 Å². The van der Waals surface area contributed by atoms with Crippen molar-refractivity contribution in [3.8, 4) is 23.0 Å². The van der Waals surface area contributed by atoms with Crippen molar-refractivity contribution in [1.82, 2.24) is 5.32 Å². The van der Waals surface area contributed by atoms with Crippen molar-refractivity contribution in [2.24, 2.45) is 5.92 Å². The van der Waals surface area contributed by atoms with E-state index in [0.29, 0.717) is 30.9 Å². The third kappa shape index (κ3) is 9.29. The standard InChI is InChI=1S/C29H41NO5/c1-5-7-8-9-21(16-23-17-24(20-30-6-2)29(33)28(19-23)35-4)10-13-25(31)14-11-22-12-15-26(32)27(18-22)34-3/h10,12-13,15,17-19,21,30,32-33H,5-9,11,14,16,20H2,1-4H3/b13-10+/t21-/m1/s1. The highest BCUT2D eigenvalue weighted by atomic mass is 16.5. The molecule has 6 heteroatoms. The Morgan fingerprint density at radius 3 is 2.46 bits per heavy atom. The first-order chi connectivity index (χ1) is 16.9. The van der Waals surface area contributed by atoms with Crippen LogP contribution in [0, 0.1) is 5.92 Å². The summed E-state index contributed by atoms with van der Waals surface area (Å²) in [5.74, 6) is 1.47. The number of methoxy groups -OCH3 is 2. The average molecular weight is 484 g/mol. The second-order valence-corrected chi connectivity index (χ2v) is 8.88. The minimum atomic E-state index is 0.0775. The van der Waals surface area contributed by atoms with E-state index in [9.17, 15) is 15.0 Å². The van der Waals surface area contributed by atoms with E-state index in [2.05, 4.69) is 12.2 Å². The number of nitrogens with one attached hydrogen (secondary N) is 1. The maximum Gasteiger partial charge on any atom is 0.162 e. The second-order valence-electron chi connectivity index (χ2n) is 8.88. The number of phenols is 2. The number of phenolic OH excluding ortho intramolecular Hbond substituents is 2. The molecule has 2 aromatic rings. The number of carbonyl (C=O) groups excluding carboxylic acids is 1. The predicted molar refractivity (Wildman–Crippen MR) is 141 cm³/mol. The quantitative estimate of drug-likeness (QED) is 0.209. The fourth-order valence-electron chi connectivity index (χ4n) is 4.09. The van der Waals surface area contributed by atoms with Crippen LogP contribution in [0.4, 0.5) is 0 Å². The summed E-state index contributed by atoms with van der Waals surface area (Å²) in [4.78, 5) is 12.6. The zero-order valence-corrected chi connectivity index (χ0v) is 21.6. The summed E-state index contributed by atoms with van der Waals surface area (Å²) in [6.45, 7) is 5.60. The van der Waals surface area contributed by atoms with Crippen LogP contribution in [0.25, 0.3) is 0 Å². The van der Waals surface area contributed by atoms with Gasteiger partial charge in [-0.2, -0.15) is 0 Å². The predicted octanol–water partition coefficient (Wildman–Crippen LogP) is 5.72. The highest BCUT2D eigenvalue weighted by molar-refractivity contribution is 5.89. The first kappa shape index (κ1) is 28.2. The monoisotopic (exact) mass is 483 g/mol. The molecule has 2 rings (SSSR count). The van der Waals surface area contributed by atoms with Crippen molar-refractivity contribution in [2.45, 2.75) is 65.3 Å². The molecule has 0 aliphatic carbocycles. The molecule has 35 heavy (non-hydrogen) atoms. The fourth-order valence-corrected chi connectivity index (χ4v) is 4.09. The van der Waals surface area contributed by atoms with Gasteiger partial charge in [-0.15, -0.1) is 0 Å². The maximum absolute atomic E-state index is 12.6. The van der Waals surface area contributed by atoms with E-state index in [1.807, 2.05) is 31.2 Å². The molecule has 0 unspecified atom stereocenters. The Labute approximate surface area is 210 Å². The number of aryl methyl sites for hydroxylation is 1. The summed E-state index contributed by atoms with van der Waals surface area (Å²) in [6, 6.07) is 9.09. The molecule has 0 fully saturated rings. The largest absolute Gasteiger partial charge is 0.504 e. The maximum atomic E-state index is 12.6. The van der Waals surface area contributed by atoms with E-state index in [0.717, 1.165) is 55.3 Å². The van der Waals surface area contributed by atoms with Crippen LogP contribution in [0.2, 0.25) is 0 Å². The number of hydrogen-bond acceptors (Lipinski definition) is 6. The lowest BCUT2D eigenvalue weighted by Gasteiger charge is -2.16. The SMILES string of the molecule is CCCCC[C@H](/C=C/C(=O)CCc1ccc(O)c(OC)c1)Cc1cc(CNCC)c(O)c(OC)c1. The van der Waals surface area contributed by atoms with Gasteiger partial charge in [0.25, 0.3) is 0 Å². The Morgan fingerprint density at radius 1 is 1.03 bits per heavy atom. The molecule has 0 radical (unpaired) electrons. The molecule has 0 amide bonds. The smallest absolute Gasteiger partial charge is 0.162 e. The molecule has 0 saturated heterocycles. The molecule has 0 aliphatic heterocycles. The molecular formula is C29H41NO5. The molecule has 6 nitrogen and oxygen atoms in total. The number of ketones is 1. The number of carbonyl (C=O) groups is 1. The zero-order chi connectivity index (χ0) is 25.6. The van der Waals surface area contributed by atoms with Gasteiger partial charge in [0.1, 0.15) is 0 Å². The second kappa shape index (κ2) is 15.1. The van der Waals surface area contributed by atoms with Crippen LogP contribution in [0.1, 0.15) is 62.6 Å². The summed E-state index contributed by atoms with van der Waals surface area (Å²) < 4.78 is 10.6. The molecule has 0 bridgehead atoms. The molecule has 0 spiro atoms. The van der Waals surface area contributed by atoms with Gasteiger partial charge in [-0.05, 0) is 67.1 Å². The Balaban J connectivity index is 2.09. The summed E-state index contributed by atoms with van der Waals surface area (Å²) in [5, 5.41) is 23.5. The van der Waals surface area contributed by atoms with Gasteiger partial charge in [-0.1, -0.05) is 51.3 Å². The highest BCUT2D eigenvalue weighted by Crippen LogP contribution is 2.33. The number of aromatic hydroxyl groups is 2. The fraction of sp³-hybridized carbons (Fsp3) is 0.483. The summed E-state index contributed by atoms with van der Waals surface area (Å²) in [7, 11) is 3.08. The number of benzene rings is 2. The number of rotatable bonds is 16. The van der Waals surface area contributed by atoms with Gasteiger partial charge in [0, 0.05) is 18.5 Å². The molecule has 0 heterocycles. The first-order valence-electron chi connectivity index (χ1n) is 12.6. The van der Waals surface area contributed by atoms with Gasteiger partial charge < -0.3 is 25.0 Å². The van der Waals surface area contributed by atoms with E-state index in [1.165, 1.54) is 7.11 Å². The van der Waals surface area contributed by atoms with E-state index in [4.69, 9.17) is 9.47 Å². The Kier molecular flexibility index (Phi) is 12.2. The average Bonchev–Trinajstić information content (AvgIpc) is 2.86. The highest BCUT2D eigenvalue weighted by Gasteiger charge is 2.14. The van der Waals surface area contributed by atoms with Crippen molar-refractivity contribution in [2.75, 3.05) is 20.8 Å².